The van der Waals surface area contributed by atoms with E-state index < -0.39 is 0 Å². The van der Waals surface area contributed by atoms with Gasteiger partial charge < -0.3 is 4.85 Å². The van der Waals surface area contributed by atoms with Gasteiger partial charge in [-0.3, -0.25) is 4.79 Å². The van der Waals surface area contributed by atoms with E-state index in [1.54, 1.807) is 0 Å². The van der Waals surface area contributed by atoms with Crippen LogP contribution < -0.4 is 0 Å². The molecule has 2 nitrogen and oxygen atoms in total. The molecule has 0 saturated heterocycles. The molecule has 2 unspecified atom stereocenters. The van der Waals surface area contributed by atoms with Gasteiger partial charge >= 0.3 is 0 Å². The molecule has 2 rings (SSSR count). The average molecular weight is 187 g/mol. The summed E-state index contributed by atoms with van der Waals surface area (Å²) in [5, 5.41) is 0. The van der Waals surface area contributed by atoms with Crippen LogP contribution >= 0.6 is 0 Å². The van der Waals surface area contributed by atoms with Crippen molar-refractivity contribution in [2.24, 2.45) is 5.41 Å². The predicted octanol–water partition coefficient (Wildman–Crippen LogP) is 2.53. The first-order chi connectivity index (χ1) is 6.68. The maximum absolute atomic E-state index is 11.8. The molecule has 0 fully saturated rings. The van der Waals surface area contributed by atoms with Crippen LogP contribution in [0.1, 0.15) is 26.2 Å². The number of carbonyl (C=O) groups is 1. The molecule has 0 heterocycles. The monoisotopic (exact) mass is 187 g/mol. The van der Waals surface area contributed by atoms with Crippen molar-refractivity contribution < 1.29 is 4.79 Å². The van der Waals surface area contributed by atoms with E-state index in [1.807, 2.05) is 25.2 Å². The average Bonchev–Trinajstić information content (AvgIpc) is 2.37. The molecule has 2 atom stereocenters. The summed E-state index contributed by atoms with van der Waals surface area (Å²) in [5.41, 5.74) is 0.685. The van der Waals surface area contributed by atoms with E-state index in [0.29, 0.717) is 6.42 Å². The third-order valence-electron chi connectivity index (χ3n) is 3.33. The Morgan fingerprint density at radius 2 is 2.36 bits per heavy atom. The largest absolute Gasteiger partial charge is 0.308 e. The van der Waals surface area contributed by atoms with Crippen molar-refractivity contribution in [2.75, 3.05) is 0 Å². The molecule has 0 saturated carbocycles. The Hall–Kier alpha value is -1.36. The summed E-state index contributed by atoms with van der Waals surface area (Å²) in [6, 6.07) is -0.106. The fourth-order valence-corrected chi connectivity index (χ4v) is 2.34. The maximum Gasteiger partial charge on any atom is 0.249 e. The van der Waals surface area contributed by atoms with E-state index >= 15 is 0 Å². The molecule has 2 aliphatic carbocycles. The van der Waals surface area contributed by atoms with Crippen LogP contribution in [0.2, 0.25) is 0 Å². The molecule has 2 aliphatic rings. The van der Waals surface area contributed by atoms with Gasteiger partial charge in [0.05, 0.1) is 5.41 Å². The lowest BCUT2D eigenvalue weighted by Gasteiger charge is -2.23. The Kier molecular flexibility index (Phi) is 2.03. The van der Waals surface area contributed by atoms with Gasteiger partial charge in [0.2, 0.25) is 6.04 Å². The third kappa shape index (κ3) is 1.13. The maximum atomic E-state index is 11.8. The third-order valence-corrected chi connectivity index (χ3v) is 3.33. The van der Waals surface area contributed by atoms with Crippen LogP contribution in [0.15, 0.2) is 23.8 Å². The second kappa shape index (κ2) is 3.09. The molecule has 2 heteroatoms. The molecule has 14 heavy (non-hydrogen) atoms. The van der Waals surface area contributed by atoms with Crippen LogP contribution in [0.25, 0.3) is 4.85 Å². The second-order valence-corrected chi connectivity index (χ2v) is 4.18. The molecular weight excluding hydrogens is 174 g/mol. The molecule has 0 amide bonds. The number of hydrogen-bond donors (Lipinski definition) is 0. The quantitative estimate of drug-likeness (QED) is 0.422. The molecule has 0 aromatic carbocycles. The molecule has 0 bridgehead atoms. The van der Waals surface area contributed by atoms with Gasteiger partial charge in [-0.2, -0.15) is 0 Å². The first kappa shape index (κ1) is 9.21. The summed E-state index contributed by atoms with van der Waals surface area (Å²) in [4.78, 5) is 15.4. The molecule has 0 N–H and O–H groups in total. The van der Waals surface area contributed by atoms with Crippen LogP contribution in [0, 0.1) is 12.0 Å². The number of carbonyl (C=O) groups excluding carboxylic acids is 1. The van der Waals surface area contributed by atoms with E-state index in [9.17, 15) is 4.79 Å². The van der Waals surface area contributed by atoms with Gasteiger partial charge in [-0.25, -0.2) is 6.57 Å². The zero-order valence-corrected chi connectivity index (χ0v) is 8.29. The Morgan fingerprint density at radius 3 is 3.07 bits per heavy atom. The number of nitrogens with zero attached hydrogens (tertiary/aromatic N) is 1. The Bertz CT molecular complexity index is 372. The van der Waals surface area contributed by atoms with Crippen molar-refractivity contribution in [3.8, 4) is 0 Å². The van der Waals surface area contributed by atoms with Crippen molar-refractivity contribution in [1.82, 2.24) is 0 Å². The van der Waals surface area contributed by atoms with Gasteiger partial charge in [0.15, 0.2) is 0 Å². The molecule has 0 radical (unpaired) electrons. The Balaban J connectivity index is 2.43. The smallest absolute Gasteiger partial charge is 0.249 e. The van der Waals surface area contributed by atoms with Crippen LogP contribution in [0.4, 0.5) is 0 Å². The SMILES string of the molecule is [C-]#[N+]C1CC=CCC2(C)C(=O)CC=C12. The minimum Gasteiger partial charge on any atom is -0.308 e. The van der Waals surface area contributed by atoms with Crippen molar-refractivity contribution in [3.05, 3.63) is 35.2 Å². The highest BCUT2D eigenvalue weighted by molar-refractivity contribution is 5.92. The van der Waals surface area contributed by atoms with Crippen molar-refractivity contribution in [2.45, 2.75) is 32.2 Å². The zero-order chi connectivity index (χ0) is 10.2. The van der Waals surface area contributed by atoms with Gasteiger partial charge in [0, 0.05) is 18.4 Å². The molecular formula is C12H13NO. The molecule has 0 aromatic rings. The summed E-state index contributed by atoms with van der Waals surface area (Å²) < 4.78 is 0. The molecule has 0 aromatic heterocycles. The van der Waals surface area contributed by atoms with E-state index in [-0.39, 0.29) is 17.2 Å². The van der Waals surface area contributed by atoms with Gasteiger partial charge in [-0.1, -0.05) is 18.2 Å². The number of Topliss-reactive ketones (excluding diaryl/α,β-unsaturated/α-hetero) is 1. The predicted molar refractivity (Wildman–Crippen MR) is 54.6 cm³/mol. The number of rotatable bonds is 0. The summed E-state index contributed by atoms with van der Waals surface area (Å²) in [5.74, 6) is 0.271. The van der Waals surface area contributed by atoms with Gasteiger partial charge in [0.1, 0.15) is 5.78 Å². The molecule has 72 valence electrons. The summed E-state index contributed by atoms with van der Waals surface area (Å²) in [7, 11) is 0. The van der Waals surface area contributed by atoms with Crippen LogP contribution in [-0.4, -0.2) is 11.8 Å². The zero-order valence-electron chi connectivity index (χ0n) is 8.29. The number of allylic oxidation sites excluding steroid dienone is 2. The first-order valence-corrected chi connectivity index (χ1v) is 4.94. The standard InChI is InChI=1S/C12H13NO/c1-12-8-4-3-5-10(13-2)9(12)6-7-11(12)14/h3-4,6,10H,5,7-8H2,1H3. The highest BCUT2D eigenvalue weighted by atomic mass is 16.1. The van der Waals surface area contributed by atoms with Crippen LogP contribution in [0.3, 0.4) is 0 Å². The van der Waals surface area contributed by atoms with Crippen molar-refractivity contribution in [1.29, 1.82) is 0 Å². The van der Waals surface area contributed by atoms with Crippen LogP contribution in [-0.2, 0) is 4.79 Å². The minimum absolute atomic E-state index is 0.106. The summed E-state index contributed by atoms with van der Waals surface area (Å²) in [6.07, 6.45) is 8.09. The Morgan fingerprint density at radius 1 is 1.57 bits per heavy atom. The summed E-state index contributed by atoms with van der Waals surface area (Å²) in [6.45, 7) is 9.11. The number of ketones is 1. The van der Waals surface area contributed by atoms with Gasteiger partial charge in [-0.15, -0.1) is 0 Å². The number of fused-ring (bicyclic) bond motifs is 1. The van der Waals surface area contributed by atoms with E-state index in [0.717, 1.165) is 18.4 Å². The fourth-order valence-electron chi connectivity index (χ4n) is 2.34. The van der Waals surface area contributed by atoms with Crippen molar-refractivity contribution in [3.63, 3.8) is 0 Å². The lowest BCUT2D eigenvalue weighted by atomic mass is 9.77. The van der Waals surface area contributed by atoms with Crippen molar-refractivity contribution >= 4 is 5.78 Å². The molecule has 0 spiro atoms. The fraction of sp³-hybridized carbons (Fsp3) is 0.500. The summed E-state index contributed by atoms with van der Waals surface area (Å²) >= 11 is 0. The number of hydrogen-bond acceptors (Lipinski definition) is 1. The van der Waals surface area contributed by atoms with E-state index in [2.05, 4.69) is 4.85 Å². The highest BCUT2D eigenvalue weighted by Crippen LogP contribution is 2.44. The molecule has 0 aliphatic heterocycles. The lowest BCUT2D eigenvalue weighted by Crippen LogP contribution is -2.28. The highest BCUT2D eigenvalue weighted by Gasteiger charge is 2.45. The van der Waals surface area contributed by atoms with Gasteiger partial charge in [0.25, 0.3) is 0 Å². The Labute approximate surface area is 84.1 Å². The normalized spacial score (nSPS) is 35.9. The van der Waals surface area contributed by atoms with Crippen LogP contribution in [0.5, 0.6) is 0 Å². The lowest BCUT2D eigenvalue weighted by molar-refractivity contribution is -0.124. The minimum atomic E-state index is -0.373. The topological polar surface area (TPSA) is 21.4 Å². The first-order valence-electron chi connectivity index (χ1n) is 4.94. The van der Waals surface area contributed by atoms with E-state index in [1.165, 1.54) is 0 Å². The second-order valence-electron chi connectivity index (χ2n) is 4.18. The van der Waals surface area contributed by atoms with Gasteiger partial charge in [-0.05, 0) is 13.3 Å². The van der Waals surface area contributed by atoms with E-state index in [4.69, 9.17) is 6.57 Å².